The monoisotopic (exact) mass is 365 g/mol. The summed E-state index contributed by atoms with van der Waals surface area (Å²) in [5.74, 6) is -0.305. The second kappa shape index (κ2) is 7.02. The minimum atomic E-state index is -0.428. The van der Waals surface area contributed by atoms with Crippen LogP contribution in [0, 0.1) is 0 Å². The number of hydrogen-bond donors (Lipinski definition) is 1. The second-order valence-electron chi connectivity index (χ2n) is 6.38. The molecule has 27 heavy (non-hydrogen) atoms. The molecule has 1 aliphatic rings. The van der Waals surface area contributed by atoms with Crippen molar-refractivity contribution in [2.45, 2.75) is 26.1 Å². The van der Waals surface area contributed by atoms with E-state index in [4.69, 9.17) is 0 Å². The van der Waals surface area contributed by atoms with Crippen LogP contribution in [0.25, 0.3) is 0 Å². The number of amides is 2. The Labute approximate surface area is 155 Å². The van der Waals surface area contributed by atoms with Crippen LogP contribution in [0.4, 0.5) is 5.69 Å². The van der Waals surface area contributed by atoms with Gasteiger partial charge in [0.25, 0.3) is 5.91 Å². The molecule has 138 valence electrons. The van der Waals surface area contributed by atoms with Crippen LogP contribution in [-0.2, 0) is 17.9 Å². The summed E-state index contributed by atoms with van der Waals surface area (Å²) in [5.41, 5.74) is 1.89. The van der Waals surface area contributed by atoms with Gasteiger partial charge in [0.1, 0.15) is 18.7 Å². The van der Waals surface area contributed by atoms with E-state index in [1.807, 2.05) is 30.3 Å². The Morgan fingerprint density at radius 2 is 2.00 bits per heavy atom. The Morgan fingerprint density at radius 3 is 2.74 bits per heavy atom. The van der Waals surface area contributed by atoms with E-state index in [0.717, 1.165) is 5.69 Å². The summed E-state index contributed by atoms with van der Waals surface area (Å²) in [6, 6.07) is 10.5. The van der Waals surface area contributed by atoms with Gasteiger partial charge < -0.3 is 10.2 Å². The van der Waals surface area contributed by atoms with Crippen molar-refractivity contribution in [1.82, 2.24) is 29.4 Å². The number of rotatable bonds is 4. The summed E-state index contributed by atoms with van der Waals surface area (Å²) in [6.07, 6.45) is 2.94. The average molecular weight is 365 g/mol. The third-order valence-electron chi connectivity index (χ3n) is 4.56. The van der Waals surface area contributed by atoms with Crippen LogP contribution in [-0.4, -0.2) is 47.8 Å². The number of anilines is 1. The van der Waals surface area contributed by atoms with Crippen LogP contribution in [0.5, 0.6) is 0 Å². The van der Waals surface area contributed by atoms with Gasteiger partial charge in [-0.15, -0.1) is 0 Å². The third kappa shape index (κ3) is 3.43. The van der Waals surface area contributed by atoms with Gasteiger partial charge in [-0.3, -0.25) is 14.3 Å². The molecule has 0 aliphatic carbocycles. The second-order valence-corrected chi connectivity index (χ2v) is 6.38. The fourth-order valence-corrected chi connectivity index (χ4v) is 3.08. The number of nitrogens with one attached hydrogen (secondary N) is 1. The molecule has 0 spiro atoms. The van der Waals surface area contributed by atoms with E-state index in [-0.39, 0.29) is 11.8 Å². The molecule has 1 atom stereocenters. The maximum Gasteiger partial charge on any atom is 0.276 e. The Balaban J connectivity index is 1.46. The number of carbonyl (C=O) groups is 2. The highest BCUT2D eigenvalue weighted by Gasteiger charge is 2.27. The highest BCUT2D eigenvalue weighted by Crippen LogP contribution is 2.18. The molecule has 4 rings (SSSR count). The number of hydrogen-bond acceptors (Lipinski definition) is 5. The maximum atomic E-state index is 12.7. The highest BCUT2D eigenvalue weighted by atomic mass is 16.2. The Kier molecular flexibility index (Phi) is 4.41. The van der Waals surface area contributed by atoms with E-state index in [2.05, 4.69) is 20.5 Å². The molecule has 3 aromatic rings. The SMILES string of the molecule is C[C@H](C(=O)N1CCn2nc(C(=O)Nc3ccccc3)cc2C1)n1cncn1. The zero-order valence-corrected chi connectivity index (χ0v) is 14.8. The molecule has 2 amide bonds. The summed E-state index contributed by atoms with van der Waals surface area (Å²) in [6.45, 7) is 3.28. The number of benzene rings is 1. The van der Waals surface area contributed by atoms with Crippen LogP contribution in [0.3, 0.4) is 0 Å². The van der Waals surface area contributed by atoms with E-state index in [1.54, 1.807) is 22.6 Å². The van der Waals surface area contributed by atoms with E-state index < -0.39 is 6.04 Å². The molecular weight excluding hydrogens is 346 g/mol. The molecule has 0 unspecified atom stereocenters. The van der Waals surface area contributed by atoms with Gasteiger partial charge in [-0.25, -0.2) is 9.67 Å². The van der Waals surface area contributed by atoms with E-state index in [9.17, 15) is 9.59 Å². The van der Waals surface area contributed by atoms with Gasteiger partial charge in [0, 0.05) is 12.2 Å². The summed E-state index contributed by atoms with van der Waals surface area (Å²) in [7, 11) is 0. The smallest absolute Gasteiger partial charge is 0.276 e. The topological polar surface area (TPSA) is 97.9 Å². The van der Waals surface area contributed by atoms with Crippen LogP contribution >= 0.6 is 0 Å². The molecule has 9 heteroatoms. The van der Waals surface area contributed by atoms with Gasteiger partial charge in [-0.05, 0) is 25.1 Å². The molecule has 0 radical (unpaired) electrons. The molecule has 2 aromatic heterocycles. The van der Waals surface area contributed by atoms with Gasteiger partial charge in [-0.1, -0.05) is 18.2 Å². The van der Waals surface area contributed by atoms with Crippen molar-refractivity contribution in [3.8, 4) is 0 Å². The Morgan fingerprint density at radius 1 is 1.19 bits per heavy atom. The molecule has 1 aromatic carbocycles. The lowest BCUT2D eigenvalue weighted by Crippen LogP contribution is -2.41. The normalized spacial score (nSPS) is 14.5. The molecular formula is C18H19N7O2. The van der Waals surface area contributed by atoms with Crippen molar-refractivity contribution >= 4 is 17.5 Å². The number of aromatic nitrogens is 5. The average Bonchev–Trinajstić information content (AvgIpc) is 3.36. The maximum absolute atomic E-state index is 12.7. The minimum absolute atomic E-state index is 0.0387. The molecule has 0 fully saturated rings. The first kappa shape index (κ1) is 17.0. The zero-order valence-electron chi connectivity index (χ0n) is 14.8. The van der Waals surface area contributed by atoms with Crippen molar-refractivity contribution in [1.29, 1.82) is 0 Å². The standard InChI is InChI=1S/C18H19N7O2/c1-13(25-12-19-11-20-25)18(27)23-7-8-24-15(10-23)9-16(22-24)17(26)21-14-5-3-2-4-6-14/h2-6,9,11-13H,7-8,10H2,1H3,(H,21,26)/t13-/m1/s1. The van der Waals surface area contributed by atoms with Gasteiger partial charge in [-0.2, -0.15) is 10.2 Å². The quantitative estimate of drug-likeness (QED) is 0.752. The fraction of sp³-hybridized carbons (Fsp3) is 0.278. The fourth-order valence-electron chi connectivity index (χ4n) is 3.08. The zero-order chi connectivity index (χ0) is 18.8. The van der Waals surface area contributed by atoms with Gasteiger partial charge >= 0.3 is 0 Å². The highest BCUT2D eigenvalue weighted by molar-refractivity contribution is 6.02. The van der Waals surface area contributed by atoms with Crippen molar-refractivity contribution in [2.75, 3.05) is 11.9 Å². The van der Waals surface area contributed by atoms with Crippen LogP contribution < -0.4 is 5.32 Å². The molecule has 0 saturated heterocycles. The van der Waals surface area contributed by atoms with Gasteiger partial charge in [0.05, 0.1) is 18.8 Å². The lowest BCUT2D eigenvalue weighted by molar-refractivity contribution is -0.136. The molecule has 0 bridgehead atoms. The predicted molar refractivity (Wildman–Crippen MR) is 96.8 cm³/mol. The first-order chi connectivity index (χ1) is 13.1. The summed E-state index contributed by atoms with van der Waals surface area (Å²) in [5, 5.41) is 11.2. The lowest BCUT2D eigenvalue weighted by atomic mass is 10.2. The van der Waals surface area contributed by atoms with Crippen molar-refractivity contribution in [3.05, 3.63) is 60.4 Å². The Hall–Kier alpha value is -3.49. The Bertz CT molecular complexity index is 950. The van der Waals surface area contributed by atoms with Crippen molar-refractivity contribution < 1.29 is 9.59 Å². The van der Waals surface area contributed by atoms with Crippen molar-refractivity contribution in [3.63, 3.8) is 0 Å². The van der Waals surface area contributed by atoms with E-state index in [1.165, 1.54) is 17.3 Å². The van der Waals surface area contributed by atoms with Crippen molar-refractivity contribution in [2.24, 2.45) is 0 Å². The number of para-hydroxylation sites is 1. The van der Waals surface area contributed by atoms with Gasteiger partial charge in [0.2, 0.25) is 5.91 Å². The molecule has 0 saturated carbocycles. The van der Waals surface area contributed by atoms with E-state index in [0.29, 0.717) is 31.0 Å². The first-order valence-corrected chi connectivity index (χ1v) is 8.68. The largest absolute Gasteiger partial charge is 0.333 e. The third-order valence-corrected chi connectivity index (χ3v) is 4.56. The van der Waals surface area contributed by atoms with Crippen LogP contribution in [0.2, 0.25) is 0 Å². The molecule has 1 aliphatic heterocycles. The summed E-state index contributed by atoms with van der Waals surface area (Å²) >= 11 is 0. The molecule has 9 nitrogen and oxygen atoms in total. The number of fused-ring (bicyclic) bond motifs is 1. The van der Waals surface area contributed by atoms with Gasteiger partial charge in [0.15, 0.2) is 5.69 Å². The lowest BCUT2D eigenvalue weighted by Gasteiger charge is -2.29. The van der Waals surface area contributed by atoms with Crippen LogP contribution in [0.15, 0.2) is 49.1 Å². The molecule has 1 N–H and O–H groups in total. The van der Waals surface area contributed by atoms with E-state index >= 15 is 0 Å². The number of nitrogens with zero attached hydrogens (tertiary/aromatic N) is 6. The first-order valence-electron chi connectivity index (χ1n) is 8.68. The molecule has 3 heterocycles. The van der Waals surface area contributed by atoms with Crippen LogP contribution in [0.1, 0.15) is 29.1 Å². The minimum Gasteiger partial charge on any atom is -0.333 e. The summed E-state index contributed by atoms with van der Waals surface area (Å²) in [4.78, 5) is 30.8. The predicted octanol–water partition coefficient (Wildman–Crippen LogP) is 1.33. The number of carbonyl (C=O) groups excluding carboxylic acids is 2. The summed E-state index contributed by atoms with van der Waals surface area (Å²) < 4.78 is 3.32.